The van der Waals surface area contributed by atoms with Crippen molar-refractivity contribution in [1.82, 2.24) is 0 Å². The molecule has 1 aliphatic heterocycles. The summed E-state index contributed by atoms with van der Waals surface area (Å²) in [7, 11) is 0. The van der Waals surface area contributed by atoms with E-state index in [0.29, 0.717) is 11.7 Å². The SMILES string of the molecule is Cc1ccc(Nc2ccc(NC3CCOCC3)cc2)c([N+](=O)[O-])c1. The van der Waals surface area contributed by atoms with Gasteiger partial charge in [0, 0.05) is 36.7 Å². The molecule has 6 heteroatoms. The molecule has 1 heterocycles. The predicted molar refractivity (Wildman–Crippen MR) is 95.0 cm³/mol. The summed E-state index contributed by atoms with van der Waals surface area (Å²) in [6.07, 6.45) is 2.02. The van der Waals surface area contributed by atoms with Crippen LogP contribution in [0.5, 0.6) is 0 Å². The lowest BCUT2D eigenvalue weighted by molar-refractivity contribution is -0.384. The number of nitro groups is 1. The Bertz CT molecular complexity index is 710. The van der Waals surface area contributed by atoms with Gasteiger partial charge in [0.15, 0.2) is 0 Å². The Morgan fingerprint density at radius 2 is 1.75 bits per heavy atom. The first-order valence-corrected chi connectivity index (χ1v) is 8.08. The van der Waals surface area contributed by atoms with Crippen LogP contribution in [-0.2, 0) is 4.74 Å². The highest BCUT2D eigenvalue weighted by Crippen LogP contribution is 2.29. The average Bonchev–Trinajstić information content (AvgIpc) is 2.59. The van der Waals surface area contributed by atoms with Gasteiger partial charge in [-0.15, -0.1) is 0 Å². The van der Waals surface area contributed by atoms with E-state index in [1.807, 2.05) is 37.3 Å². The number of ether oxygens (including phenoxy) is 1. The van der Waals surface area contributed by atoms with Crippen LogP contribution >= 0.6 is 0 Å². The maximum atomic E-state index is 11.2. The van der Waals surface area contributed by atoms with Crippen molar-refractivity contribution in [2.75, 3.05) is 23.8 Å². The third kappa shape index (κ3) is 4.02. The lowest BCUT2D eigenvalue weighted by Gasteiger charge is -2.24. The second-order valence-electron chi connectivity index (χ2n) is 6.01. The molecule has 0 saturated carbocycles. The lowest BCUT2D eigenvalue weighted by atomic mass is 10.1. The molecule has 0 spiro atoms. The van der Waals surface area contributed by atoms with Crippen molar-refractivity contribution >= 4 is 22.7 Å². The first-order chi connectivity index (χ1) is 11.6. The minimum absolute atomic E-state index is 0.0828. The third-order valence-corrected chi connectivity index (χ3v) is 4.11. The second kappa shape index (κ2) is 7.31. The Morgan fingerprint density at radius 1 is 1.08 bits per heavy atom. The molecule has 0 aliphatic carbocycles. The van der Waals surface area contributed by atoms with Crippen molar-refractivity contribution in [3.63, 3.8) is 0 Å². The molecule has 0 bridgehead atoms. The predicted octanol–water partition coefficient (Wildman–Crippen LogP) is 4.24. The molecule has 0 unspecified atom stereocenters. The van der Waals surface area contributed by atoms with Crippen LogP contribution in [0, 0.1) is 17.0 Å². The van der Waals surface area contributed by atoms with E-state index in [4.69, 9.17) is 4.74 Å². The number of aryl methyl sites for hydroxylation is 1. The maximum Gasteiger partial charge on any atom is 0.292 e. The van der Waals surface area contributed by atoms with Gasteiger partial charge in [0.2, 0.25) is 0 Å². The molecule has 0 radical (unpaired) electrons. The van der Waals surface area contributed by atoms with E-state index in [0.717, 1.165) is 43.0 Å². The van der Waals surface area contributed by atoms with Gasteiger partial charge in [0.1, 0.15) is 5.69 Å². The van der Waals surface area contributed by atoms with E-state index in [2.05, 4.69) is 10.6 Å². The number of hydrogen-bond donors (Lipinski definition) is 2. The zero-order valence-corrected chi connectivity index (χ0v) is 13.6. The molecule has 126 valence electrons. The van der Waals surface area contributed by atoms with Crippen molar-refractivity contribution in [1.29, 1.82) is 0 Å². The molecular weight excluding hydrogens is 306 g/mol. The molecule has 3 rings (SSSR count). The van der Waals surface area contributed by atoms with Crippen molar-refractivity contribution in [3.8, 4) is 0 Å². The van der Waals surface area contributed by atoms with Crippen molar-refractivity contribution in [3.05, 3.63) is 58.1 Å². The monoisotopic (exact) mass is 327 g/mol. The number of hydrogen-bond acceptors (Lipinski definition) is 5. The van der Waals surface area contributed by atoms with Gasteiger partial charge in [-0.25, -0.2) is 0 Å². The van der Waals surface area contributed by atoms with E-state index < -0.39 is 0 Å². The molecule has 0 aromatic heterocycles. The zero-order valence-electron chi connectivity index (χ0n) is 13.6. The van der Waals surface area contributed by atoms with Gasteiger partial charge in [-0.2, -0.15) is 0 Å². The third-order valence-electron chi connectivity index (χ3n) is 4.11. The summed E-state index contributed by atoms with van der Waals surface area (Å²) in [5.41, 5.74) is 3.31. The quantitative estimate of drug-likeness (QED) is 0.634. The normalized spacial score (nSPS) is 15.0. The van der Waals surface area contributed by atoms with Crippen LogP contribution in [0.4, 0.5) is 22.7 Å². The summed E-state index contributed by atoms with van der Waals surface area (Å²) < 4.78 is 5.36. The molecule has 1 saturated heterocycles. The minimum Gasteiger partial charge on any atom is -0.382 e. The van der Waals surface area contributed by atoms with Crippen molar-refractivity contribution in [2.45, 2.75) is 25.8 Å². The summed E-state index contributed by atoms with van der Waals surface area (Å²) in [6.45, 7) is 3.44. The maximum absolute atomic E-state index is 11.2. The van der Waals surface area contributed by atoms with Crippen molar-refractivity contribution in [2.24, 2.45) is 0 Å². The van der Waals surface area contributed by atoms with Crippen LogP contribution in [0.25, 0.3) is 0 Å². The summed E-state index contributed by atoms with van der Waals surface area (Å²) in [6, 6.07) is 13.4. The van der Waals surface area contributed by atoms with Crippen LogP contribution in [0.15, 0.2) is 42.5 Å². The lowest BCUT2D eigenvalue weighted by Crippen LogP contribution is -2.27. The van der Waals surface area contributed by atoms with Crippen LogP contribution in [-0.4, -0.2) is 24.2 Å². The molecule has 1 aliphatic rings. The van der Waals surface area contributed by atoms with Crippen LogP contribution < -0.4 is 10.6 Å². The number of nitrogens with one attached hydrogen (secondary N) is 2. The van der Waals surface area contributed by atoms with Gasteiger partial charge in [0.05, 0.1) is 4.92 Å². The fourth-order valence-corrected chi connectivity index (χ4v) is 2.78. The Balaban J connectivity index is 1.69. The summed E-state index contributed by atoms with van der Waals surface area (Å²) in [4.78, 5) is 10.8. The molecule has 2 aromatic rings. The fraction of sp³-hybridized carbons (Fsp3) is 0.333. The van der Waals surface area contributed by atoms with Crippen LogP contribution in [0.2, 0.25) is 0 Å². The Kier molecular flexibility index (Phi) is 4.96. The zero-order chi connectivity index (χ0) is 16.9. The summed E-state index contributed by atoms with van der Waals surface area (Å²) >= 11 is 0. The van der Waals surface area contributed by atoms with E-state index in [-0.39, 0.29) is 10.6 Å². The molecule has 0 amide bonds. The Morgan fingerprint density at radius 3 is 2.42 bits per heavy atom. The number of rotatable bonds is 5. The molecule has 0 atom stereocenters. The fourth-order valence-electron chi connectivity index (χ4n) is 2.78. The highest BCUT2D eigenvalue weighted by atomic mass is 16.6. The molecule has 6 nitrogen and oxygen atoms in total. The smallest absolute Gasteiger partial charge is 0.292 e. The first kappa shape index (κ1) is 16.3. The molecular formula is C18H21N3O3. The van der Waals surface area contributed by atoms with Crippen molar-refractivity contribution < 1.29 is 9.66 Å². The van der Waals surface area contributed by atoms with E-state index in [1.165, 1.54) is 0 Å². The Labute approximate surface area is 141 Å². The highest BCUT2D eigenvalue weighted by molar-refractivity contribution is 5.71. The summed E-state index contributed by atoms with van der Waals surface area (Å²) in [5.74, 6) is 0. The van der Waals surface area contributed by atoms with E-state index in [9.17, 15) is 10.1 Å². The van der Waals surface area contributed by atoms with Crippen LogP contribution in [0.3, 0.4) is 0 Å². The minimum atomic E-state index is -0.365. The van der Waals surface area contributed by atoms with E-state index in [1.54, 1.807) is 12.1 Å². The molecule has 2 N–H and O–H groups in total. The topological polar surface area (TPSA) is 76.4 Å². The number of anilines is 3. The number of benzene rings is 2. The van der Waals surface area contributed by atoms with Gasteiger partial charge in [-0.3, -0.25) is 10.1 Å². The highest BCUT2D eigenvalue weighted by Gasteiger charge is 2.15. The molecule has 1 fully saturated rings. The van der Waals surface area contributed by atoms with Gasteiger partial charge >= 0.3 is 0 Å². The van der Waals surface area contributed by atoms with Gasteiger partial charge < -0.3 is 15.4 Å². The van der Waals surface area contributed by atoms with Crippen LogP contribution in [0.1, 0.15) is 18.4 Å². The average molecular weight is 327 g/mol. The van der Waals surface area contributed by atoms with Gasteiger partial charge in [-0.1, -0.05) is 6.07 Å². The summed E-state index contributed by atoms with van der Waals surface area (Å²) in [5, 5.41) is 17.8. The number of nitrogens with zero attached hydrogens (tertiary/aromatic N) is 1. The van der Waals surface area contributed by atoms with Gasteiger partial charge in [0.25, 0.3) is 5.69 Å². The molecule has 2 aromatic carbocycles. The number of nitro benzene ring substituents is 1. The molecule has 24 heavy (non-hydrogen) atoms. The van der Waals surface area contributed by atoms with Gasteiger partial charge in [-0.05, 0) is 55.7 Å². The standard InChI is InChI=1S/C18H21N3O3/c1-13-2-7-17(18(12-13)21(22)23)20-15-5-3-14(4-6-15)19-16-8-10-24-11-9-16/h2-7,12,16,19-20H,8-11H2,1H3. The first-order valence-electron chi connectivity index (χ1n) is 8.08. The van der Waals surface area contributed by atoms with E-state index >= 15 is 0 Å². The second-order valence-corrected chi connectivity index (χ2v) is 6.01. The Hall–Kier alpha value is -2.60. The largest absolute Gasteiger partial charge is 0.382 e.